The van der Waals surface area contributed by atoms with Crippen LogP contribution in [0.15, 0.2) is 42.5 Å². The Morgan fingerprint density at radius 3 is 2.56 bits per heavy atom. The maximum atomic E-state index is 13.4. The molecule has 126 valence electrons. The van der Waals surface area contributed by atoms with Crippen molar-refractivity contribution in [2.45, 2.75) is 25.0 Å². The van der Waals surface area contributed by atoms with E-state index in [1.807, 2.05) is 32.3 Å². The van der Waals surface area contributed by atoms with Gasteiger partial charge in [-0.3, -0.25) is 0 Å². The van der Waals surface area contributed by atoms with Gasteiger partial charge >= 0.3 is 29.6 Å². The van der Waals surface area contributed by atoms with Gasteiger partial charge in [0.2, 0.25) is 0 Å². The summed E-state index contributed by atoms with van der Waals surface area (Å²) in [4.78, 5) is 2.15. The molecule has 0 amide bonds. The average molecular weight is 348 g/mol. The van der Waals surface area contributed by atoms with Gasteiger partial charge in [-0.2, -0.15) is 5.26 Å². The van der Waals surface area contributed by atoms with Crippen LogP contribution in [-0.2, 0) is 16.9 Å². The molecule has 3 rings (SSSR count). The number of rotatable bonds is 5. The molecule has 0 saturated carbocycles. The summed E-state index contributed by atoms with van der Waals surface area (Å²) in [6.07, 6.45) is 1.78. The maximum absolute atomic E-state index is 13.4. The molecule has 2 aromatic rings. The molecule has 1 unspecified atom stereocenters. The fourth-order valence-corrected chi connectivity index (χ4v) is 3.41. The summed E-state index contributed by atoms with van der Waals surface area (Å²) in [6.45, 7) is 1.43. The van der Waals surface area contributed by atoms with E-state index in [9.17, 15) is 4.39 Å². The van der Waals surface area contributed by atoms with Crippen LogP contribution in [0.3, 0.4) is 0 Å². The molecule has 0 saturated heterocycles. The van der Waals surface area contributed by atoms with Gasteiger partial charge in [0.15, 0.2) is 0 Å². The van der Waals surface area contributed by atoms with E-state index in [1.165, 1.54) is 12.1 Å². The van der Waals surface area contributed by atoms with Gasteiger partial charge < -0.3 is 9.64 Å². The molecule has 0 aliphatic carbocycles. The molecule has 0 aromatic heterocycles. The third kappa shape index (κ3) is 4.13. The quantitative estimate of drug-likeness (QED) is 0.779. The fourth-order valence-electron chi connectivity index (χ4n) is 3.41. The van der Waals surface area contributed by atoms with E-state index in [2.05, 4.69) is 11.0 Å². The van der Waals surface area contributed by atoms with Crippen molar-refractivity contribution < 1.29 is 9.13 Å². The van der Waals surface area contributed by atoms with Crippen molar-refractivity contribution in [1.29, 1.82) is 5.26 Å². The Bertz CT molecular complexity index is 770. The molecule has 0 bridgehead atoms. The van der Waals surface area contributed by atoms with Gasteiger partial charge in [0.25, 0.3) is 0 Å². The number of halogens is 1. The SMILES string of the molecule is CN(C)CCCC1(c2ccc(F)cc2)OCc2cc(C#N)ccc21.[NaH]. The molecule has 0 radical (unpaired) electrons. The van der Waals surface area contributed by atoms with Crippen LogP contribution in [0.1, 0.15) is 35.1 Å². The normalized spacial score (nSPS) is 18.5. The van der Waals surface area contributed by atoms with Crippen molar-refractivity contribution in [3.05, 3.63) is 70.5 Å². The molecule has 25 heavy (non-hydrogen) atoms. The van der Waals surface area contributed by atoms with Gasteiger partial charge in [-0.05, 0) is 74.4 Å². The molecule has 0 fully saturated rings. The minimum absolute atomic E-state index is 0. The zero-order chi connectivity index (χ0) is 17.2. The molecule has 1 heterocycles. The third-order valence-corrected chi connectivity index (χ3v) is 4.59. The van der Waals surface area contributed by atoms with Crippen LogP contribution in [-0.4, -0.2) is 55.1 Å². The number of hydrogen-bond acceptors (Lipinski definition) is 3. The number of benzene rings is 2. The summed E-state index contributed by atoms with van der Waals surface area (Å²) in [5, 5.41) is 9.11. The predicted octanol–water partition coefficient (Wildman–Crippen LogP) is 3.16. The predicted molar refractivity (Wildman–Crippen MR) is 98.1 cm³/mol. The molecule has 1 aliphatic rings. The van der Waals surface area contributed by atoms with Gasteiger partial charge in [0, 0.05) is 0 Å². The summed E-state index contributed by atoms with van der Waals surface area (Å²) in [5.41, 5.74) is 3.18. The number of hydrogen-bond donors (Lipinski definition) is 0. The van der Waals surface area contributed by atoms with Crippen molar-refractivity contribution in [3.63, 3.8) is 0 Å². The van der Waals surface area contributed by atoms with Crippen LogP contribution in [0.5, 0.6) is 0 Å². The number of ether oxygens (including phenoxy) is 1. The van der Waals surface area contributed by atoms with Gasteiger partial charge in [0.05, 0.1) is 18.2 Å². The first-order chi connectivity index (χ1) is 11.5. The zero-order valence-electron chi connectivity index (χ0n) is 14.1. The number of fused-ring (bicyclic) bond motifs is 1. The molecule has 0 spiro atoms. The second-order valence-electron chi connectivity index (χ2n) is 6.51. The van der Waals surface area contributed by atoms with Crippen LogP contribution in [0.4, 0.5) is 4.39 Å². The van der Waals surface area contributed by atoms with Gasteiger partial charge in [0.1, 0.15) is 11.4 Å². The van der Waals surface area contributed by atoms with E-state index in [0.29, 0.717) is 12.2 Å². The van der Waals surface area contributed by atoms with Crippen molar-refractivity contribution in [2.24, 2.45) is 0 Å². The van der Waals surface area contributed by atoms with E-state index in [4.69, 9.17) is 10.00 Å². The van der Waals surface area contributed by atoms with Crippen molar-refractivity contribution in [3.8, 4) is 6.07 Å². The van der Waals surface area contributed by atoms with Crippen LogP contribution >= 0.6 is 0 Å². The first-order valence-electron chi connectivity index (χ1n) is 8.13. The topological polar surface area (TPSA) is 36.3 Å². The first kappa shape index (κ1) is 20.1. The summed E-state index contributed by atoms with van der Waals surface area (Å²) in [5.74, 6) is -0.250. The van der Waals surface area contributed by atoms with Crippen LogP contribution < -0.4 is 0 Å². The Labute approximate surface area is 170 Å². The Balaban J connectivity index is 0.00000225. The van der Waals surface area contributed by atoms with Crippen molar-refractivity contribution >= 4 is 29.6 Å². The Morgan fingerprint density at radius 2 is 1.92 bits per heavy atom. The summed E-state index contributed by atoms with van der Waals surface area (Å²) in [6, 6.07) is 14.5. The number of nitrogens with zero attached hydrogens (tertiary/aromatic N) is 2. The van der Waals surface area contributed by atoms with Crippen LogP contribution in [0, 0.1) is 17.1 Å². The average Bonchev–Trinajstić information content (AvgIpc) is 2.94. The van der Waals surface area contributed by atoms with Gasteiger partial charge in [-0.15, -0.1) is 0 Å². The molecule has 0 N–H and O–H groups in total. The molecular formula is C20H22FN2NaO. The van der Waals surface area contributed by atoms with Crippen LogP contribution in [0.2, 0.25) is 0 Å². The molecule has 2 aromatic carbocycles. The Hall–Kier alpha value is -1.22. The monoisotopic (exact) mass is 348 g/mol. The number of nitriles is 1. The second kappa shape index (κ2) is 8.44. The molecule has 1 atom stereocenters. The Morgan fingerprint density at radius 1 is 1.20 bits per heavy atom. The Kier molecular flexibility index (Phi) is 6.79. The fraction of sp³-hybridized carbons (Fsp3) is 0.350. The molecule has 5 heteroatoms. The van der Waals surface area contributed by atoms with E-state index >= 15 is 0 Å². The van der Waals surface area contributed by atoms with E-state index < -0.39 is 5.60 Å². The van der Waals surface area contributed by atoms with E-state index in [-0.39, 0.29) is 35.4 Å². The van der Waals surface area contributed by atoms with Crippen molar-refractivity contribution in [2.75, 3.05) is 20.6 Å². The summed E-state index contributed by atoms with van der Waals surface area (Å²) < 4.78 is 19.6. The zero-order valence-corrected chi connectivity index (χ0v) is 14.1. The first-order valence-corrected chi connectivity index (χ1v) is 8.13. The van der Waals surface area contributed by atoms with Gasteiger partial charge in [-0.1, -0.05) is 18.2 Å². The summed E-state index contributed by atoms with van der Waals surface area (Å²) in [7, 11) is 4.10. The molecular weight excluding hydrogens is 326 g/mol. The third-order valence-electron chi connectivity index (χ3n) is 4.59. The standard InChI is InChI=1S/C20H21FN2O.Na.H/c1-23(2)11-3-10-20(17-5-7-18(21)8-6-17)19-9-4-15(13-22)12-16(19)14-24-20;;/h4-9,12H,3,10-11,14H2,1-2H3;;. The molecule has 3 nitrogen and oxygen atoms in total. The van der Waals surface area contributed by atoms with E-state index in [0.717, 1.165) is 36.1 Å². The minimum atomic E-state index is -0.562. The second-order valence-corrected chi connectivity index (χ2v) is 6.51. The molecule has 1 aliphatic heterocycles. The van der Waals surface area contributed by atoms with Crippen LogP contribution in [0.25, 0.3) is 0 Å². The summed E-state index contributed by atoms with van der Waals surface area (Å²) >= 11 is 0. The van der Waals surface area contributed by atoms with E-state index in [1.54, 1.807) is 12.1 Å². The van der Waals surface area contributed by atoms with Gasteiger partial charge in [-0.25, -0.2) is 4.39 Å². The van der Waals surface area contributed by atoms with Crippen molar-refractivity contribution in [1.82, 2.24) is 4.90 Å².